The van der Waals surface area contributed by atoms with E-state index in [2.05, 4.69) is 21.2 Å². The van der Waals surface area contributed by atoms with Gasteiger partial charge in [-0.1, -0.05) is 29.4 Å². The van der Waals surface area contributed by atoms with Gasteiger partial charge in [0, 0.05) is 9.92 Å². The number of halogens is 2. The molecule has 2 heterocycles. The number of benzene rings is 2. The molecule has 0 atom stereocenters. The number of furan rings is 1. The second-order valence-corrected chi connectivity index (χ2v) is 9.79. The van der Waals surface area contributed by atoms with Gasteiger partial charge in [-0.25, -0.2) is 0 Å². The first-order valence-electron chi connectivity index (χ1n) is 9.44. The summed E-state index contributed by atoms with van der Waals surface area (Å²) in [6.45, 7) is 3.93. The van der Waals surface area contributed by atoms with Gasteiger partial charge in [0.25, 0.3) is 11.8 Å². The third-order valence-electron chi connectivity index (χ3n) is 4.84. The standard InChI is InChI=1S/C23H16BrClN2O3S2/c1-12-3-6-15(9-13(12)2)27-21(29)18(20(28)26-23(27)31)10-16-11-19(24)22(30-16)32-17-7-4-14(25)5-8-17/h3-11H,1-2H3,(H,26,28,31)/b18-10+. The van der Waals surface area contributed by atoms with Gasteiger partial charge in [-0.2, -0.15) is 0 Å². The second kappa shape index (κ2) is 9.23. The van der Waals surface area contributed by atoms with Crippen molar-refractivity contribution in [3.8, 4) is 0 Å². The van der Waals surface area contributed by atoms with Crippen LogP contribution in [0.15, 0.2) is 73.0 Å². The zero-order valence-corrected chi connectivity index (χ0v) is 20.9. The number of hydrogen-bond donors (Lipinski definition) is 1. The molecule has 2 aromatic carbocycles. The van der Waals surface area contributed by atoms with E-state index >= 15 is 0 Å². The van der Waals surface area contributed by atoms with Gasteiger partial charge in [0.1, 0.15) is 11.3 Å². The zero-order valence-electron chi connectivity index (χ0n) is 16.9. The molecule has 1 aromatic heterocycles. The Balaban J connectivity index is 1.64. The fraction of sp³-hybridized carbons (Fsp3) is 0.0870. The van der Waals surface area contributed by atoms with E-state index in [0.717, 1.165) is 16.0 Å². The number of rotatable bonds is 4. The highest BCUT2D eigenvalue weighted by atomic mass is 79.9. The third kappa shape index (κ3) is 4.68. The predicted molar refractivity (Wildman–Crippen MR) is 134 cm³/mol. The van der Waals surface area contributed by atoms with Gasteiger partial charge in [0.15, 0.2) is 10.2 Å². The molecule has 1 aliphatic rings. The number of nitrogens with one attached hydrogen (secondary N) is 1. The van der Waals surface area contributed by atoms with Gasteiger partial charge < -0.3 is 4.42 Å². The van der Waals surface area contributed by atoms with Crippen LogP contribution in [0.3, 0.4) is 0 Å². The van der Waals surface area contributed by atoms with Crippen LogP contribution in [0.25, 0.3) is 6.08 Å². The molecule has 3 aromatic rings. The minimum absolute atomic E-state index is 0.0417. The van der Waals surface area contributed by atoms with Crippen molar-refractivity contribution in [3.63, 3.8) is 0 Å². The molecule has 0 bridgehead atoms. The van der Waals surface area contributed by atoms with E-state index < -0.39 is 11.8 Å². The van der Waals surface area contributed by atoms with Gasteiger partial charge in [-0.05, 0) is 102 Å². The first kappa shape index (κ1) is 22.8. The van der Waals surface area contributed by atoms with Crippen molar-refractivity contribution in [1.82, 2.24) is 5.32 Å². The van der Waals surface area contributed by atoms with Gasteiger partial charge in [-0.3, -0.25) is 19.8 Å². The molecule has 1 N–H and O–H groups in total. The SMILES string of the molecule is Cc1ccc(N2C(=O)/C(=C/c3cc(Br)c(Sc4ccc(Cl)cc4)o3)C(=O)NC2=S)cc1C. The molecule has 0 aliphatic carbocycles. The van der Waals surface area contributed by atoms with E-state index in [9.17, 15) is 9.59 Å². The molecular weight excluding hydrogens is 532 g/mol. The largest absolute Gasteiger partial charge is 0.449 e. The minimum Gasteiger partial charge on any atom is -0.449 e. The van der Waals surface area contributed by atoms with Crippen molar-refractivity contribution >= 4 is 80.2 Å². The van der Waals surface area contributed by atoms with E-state index in [1.807, 2.05) is 38.1 Å². The molecule has 1 aliphatic heterocycles. The number of nitrogens with zero attached hydrogens (tertiary/aromatic N) is 1. The maximum absolute atomic E-state index is 13.2. The number of anilines is 1. The van der Waals surface area contributed by atoms with Crippen molar-refractivity contribution < 1.29 is 14.0 Å². The van der Waals surface area contributed by atoms with Gasteiger partial charge in [0.2, 0.25) is 0 Å². The Hall–Kier alpha value is -2.39. The highest BCUT2D eigenvalue weighted by Gasteiger charge is 2.35. The summed E-state index contributed by atoms with van der Waals surface area (Å²) < 4.78 is 6.58. The molecule has 2 amide bonds. The van der Waals surface area contributed by atoms with E-state index in [-0.39, 0.29) is 10.7 Å². The molecule has 9 heteroatoms. The van der Waals surface area contributed by atoms with E-state index in [1.54, 1.807) is 24.3 Å². The molecule has 5 nitrogen and oxygen atoms in total. The molecule has 0 unspecified atom stereocenters. The minimum atomic E-state index is -0.570. The molecule has 162 valence electrons. The predicted octanol–water partition coefficient (Wildman–Crippen LogP) is 6.29. The van der Waals surface area contributed by atoms with Gasteiger partial charge >= 0.3 is 0 Å². The van der Waals surface area contributed by atoms with E-state index in [4.69, 9.17) is 28.2 Å². The number of amides is 2. The first-order valence-corrected chi connectivity index (χ1v) is 11.8. The zero-order chi connectivity index (χ0) is 23.0. The molecule has 32 heavy (non-hydrogen) atoms. The number of carbonyl (C=O) groups excluding carboxylic acids is 2. The normalized spacial score (nSPS) is 15.4. The fourth-order valence-electron chi connectivity index (χ4n) is 3.02. The first-order chi connectivity index (χ1) is 15.2. The molecule has 1 saturated heterocycles. The molecule has 0 spiro atoms. The third-order valence-corrected chi connectivity index (χ3v) is 7.22. The van der Waals surface area contributed by atoms with E-state index in [0.29, 0.717) is 26.0 Å². The molecule has 0 saturated carbocycles. The molecule has 0 radical (unpaired) electrons. The lowest BCUT2D eigenvalue weighted by Crippen LogP contribution is -2.54. The molecule has 1 fully saturated rings. The average Bonchev–Trinajstić information content (AvgIpc) is 3.08. The number of hydrogen-bond acceptors (Lipinski definition) is 5. The average molecular weight is 548 g/mol. The smallest absolute Gasteiger partial charge is 0.270 e. The van der Waals surface area contributed by atoms with Gasteiger partial charge in [-0.15, -0.1) is 0 Å². The summed E-state index contributed by atoms with van der Waals surface area (Å²) in [4.78, 5) is 28.0. The van der Waals surface area contributed by atoms with Crippen LogP contribution < -0.4 is 10.2 Å². The molecular formula is C23H16BrClN2O3S2. The Morgan fingerprint density at radius 2 is 1.81 bits per heavy atom. The van der Waals surface area contributed by atoms with Crippen molar-refractivity contribution in [2.75, 3.05) is 4.90 Å². The Morgan fingerprint density at radius 3 is 2.50 bits per heavy atom. The van der Waals surface area contributed by atoms with Crippen LogP contribution in [0.1, 0.15) is 16.9 Å². The van der Waals surface area contributed by atoms with Gasteiger partial charge in [0.05, 0.1) is 10.2 Å². The summed E-state index contributed by atoms with van der Waals surface area (Å²) in [5.41, 5.74) is 2.63. The monoisotopic (exact) mass is 546 g/mol. The lowest BCUT2D eigenvalue weighted by molar-refractivity contribution is -0.122. The van der Waals surface area contributed by atoms with Crippen molar-refractivity contribution in [3.05, 3.63) is 80.5 Å². The van der Waals surface area contributed by atoms with Crippen LogP contribution >= 0.6 is 51.5 Å². The van der Waals surface area contributed by atoms with Crippen LogP contribution in [-0.4, -0.2) is 16.9 Å². The van der Waals surface area contributed by atoms with Crippen molar-refractivity contribution in [2.45, 2.75) is 23.8 Å². The highest BCUT2D eigenvalue weighted by Crippen LogP contribution is 2.37. The summed E-state index contributed by atoms with van der Waals surface area (Å²) in [7, 11) is 0. The lowest BCUT2D eigenvalue weighted by Gasteiger charge is -2.29. The van der Waals surface area contributed by atoms with E-state index in [1.165, 1.54) is 22.7 Å². The molecule has 4 rings (SSSR count). The summed E-state index contributed by atoms with van der Waals surface area (Å²) >= 11 is 16.1. The number of aryl methyl sites for hydroxylation is 2. The van der Waals surface area contributed by atoms with Crippen LogP contribution in [0.4, 0.5) is 5.69 Å². The van der Waals surface area contributed by atoms with Crippen LogP contribution in [0.2, 0.25) is 5.02 Å². The Kier molecular flexibility index (Phi) is 6.57. The van der Waals surface area contributed by atoms with Crippen molar-refractivity contribution in [1.29, 1.82) is 0 Å². The topological polar surface area (TPSA) is 62.6 Å². The Morgan fingerprint density at radius 1 is 1.09 bits per heavy atom. The summed E-state index contributed by atoms with van der Waals surface area (Å²) in [6, 6.07) is 14.6. The maximum atomic E-state index is 13.2. The fourth-order valence-corrected chi connectivity index (χ4v) is 4.76. The summed E-state index contributed by atoms with van der Waals surface area (Å²) in [6.07, 6.45) is 1.42. The highest BCUT2D eigenvalue weighted by molar-refractivity contribution is 9.10. The Bertz CT molecular complexity index is 1280. The Labute approximate surface area is 207 Å². The van der Waals surface area contributed by atoms with Crippen LogP contribution in [-0.2, 0) is 9.59 Å². The summed E-state index contributed by atoms with van der Waals surface area (Å²) in [5.74, 6) is -0.722. The van der Waals surface area contributed by atoms with Crippen molar-refractivity contribution in [2.24, 2.45) is 0 Å². The van der Waals surface area contributed by atoms with Crippen LogP contribution in [0, 0.1) is 13.8 Å². The van der Waals surface area contributed by atoms with Crippen LogP contribution in [0.5, 0.6) is 0 Å². The maximum Gasteiger partial charge on any atom is 0.270 e. The quantitative estimate of drug-likeness (QED) is 0.236. The lowest BCUT2D eigenvalue weighted by atomic mass is 10.1. The summed E-state index contributed by atoms with van der Waals surface area (Å²) in [5, 5.41) is 3.86. The second-order valence-electron chi connectivity index (χ2n) is 7.07. The number of carbonyl (C=O) groups is 2. The number of thiocarbonyl (C=S) groups is 1.